The molecular weight excluding hydrogens is 664 g/mol. The zero-order chi connectivity index (χ0) is 37.5. The van der Waals surface area contributed by atoms with Crippen LogP contribution in [0, 0.1) is 0 Å². The zero-order valence-corrected chi connectivity index (χ0v) is 31.5. The Kier molecular flexibility index (Phi) is 37.1. The SMILES string of the molecule is CCOCCOCCOCCOCCOCCOCCNC(=O)CC[C@H](NC(=O)CCCCCCCCCCCCCCCCC(=O)O)C(=O)O. The van der Waals surface area contributed by atoms with E-state index in [1.807, 2.05) is 6.92 Å². The van der Waals surface area contributed by atoms with Gasteiger partial charge in [0.2, 0.25) is 11.8 Å². The summed E-state index contributed by atoms with van der Waals surface area (Å²) in [7, 11) is 0. The number of hydrogen-bond donors (Lipinski definition) is 4. The lowest BCUT2D eigenvalue weighted by molar-refractivity contribution is -0.142. The smallest absolute Gasteiger partial charge is 0.326 e. The molecule has 0 heterocycles. The summed E-state index contributed by atoms with van der Waals surface area (Å²) in [6, 6.07) is -1.10. The number of aliphatic carboxylic acids is 2. The minimum Gasteiger partial charge on any atom is -0.481 e. The second-order valence-corrected chi connectivity index (χ2v) is 12.4. The number of unbranched alkanes of at least 4 members (excludes halogenated alkanes) is 13. The van der Waals surface area contributed by atoms with Gasteiger partial charge in [0.05, 0.1) is 72.7 Å². The van der Waals surface area contributed by atoms with E-state index in [1.165, 1.54) is 44.9 Å². The van der Waals surface area contributed by atoms with Crippen LogP contribution in [0.5, 0.6) is 0 Å². The van der Waals surface area contributed by atoms with Gasteiger partial charge in [-0.1, -0.05) is 77.0 Å². The Bertz CT molecular complexity index is 833. The Balaban J connectivity index is 3.57. The van der Waals surface area contributed by atoms with Crippen LogP contribution in [0.1, 0.15) is 122 Å². The fourth-order valence-electron chi connectivity index (χ4n) is 5.08. The molecule has 300 valence electrons. The predicted molar refractivity (Wildman–Crippen MR) is 194 cm³/mol. The first kappa shape index (κ1) is 48.6. The zero-order valence-electron chi connectivity index (χ0n) is 31.5. The molecule has 0 bridgehead atoms. The highest BCUT2D eigenvalue weighted by atomic mass is 16.6. The summed E-state index contributed by atoms with van der Waals surface area (Å²) in [4.78, 5) is 46.5. The molecule has 0 spiro atoms. The van der Waals surface area contributed by atoms with Gasteiger partial charge in [-0.25, -0.2) is 4.79 Å². The summed E-state index contributed by atoms with van der Waals surface area (Å²) < 4.78 is 32.2. The topological polar surface area (TPSA) is 188 Å². The minimum atomic E-state index is -1.15. The molecule has 0 aromatic heterocycles. The largest absolute Gasteiger partial charge is 0.481 e. The first-order valence-corrected chi connectivity index (χ1v) is 19.3. The first-order valence-electron chi connectivity index (χ1n) is 19.3. The molecule has 0 aliphatic carbocycles. The fraction of sp³-hybridized carbons (Fsp3) is 0.892. The molecule has 1 atom stereocenters. The molecule has 0 fully saturated rings. The van der Waals surface area contributed by atoms with Gasteiger partial charge in [0.25, 0.3) is 0 Å². The maximum absolute atomic E-state index is 12.3. The highest BCUT2D eigenvalue weighted by molar-refractivity contribution is 5.84. The Morgan fingerprint density at radius 1 is 0.471 bits per heavy atom. The molecule has 0 aliphatic heterocycles. The van der Waals surface area contributed by atoms with Crippen molar-refractivity contribution in [3.63, 3.8) is 0 Å². The number of carbonyl (C=O) groups excluding carboxylic acids is 2. The van der Waals surface area contributed by atoms with Gasteiger partial charge >= 0.3 is 11.9 Å². The normalized spacial score (nSPS) is 11.8. The van der Waals surface area contributed by atoms with Gasteiger partial charge in [0.1, 0.15) is 6.04 Å². The van der Waals surface area contributed by atoms with E-state index < -0.39 is 18.0 Å². The van der Waals surface area contributed by atoms with Crippen LogP contribution in [0.3, 0.4) is 0 Å². The van der Waals surface area contributed by atoms with Crippen molar-refractivity contribution < 1.29 is 57.8 Å². The molecule has 0 aromatic carbocycles. The second-order valence-electron chi connectivity index (χ2n) is 12.4. The molecule has 0 aromatic rings. The summed E-state index contributed by atoms with van der Waals surface area (Å²) in [6.45, 7) is 8.04. The summed E-state index contributed by atoms with van der Waals surface area (Å²) in [5.41, 5.74) is 0. The standard InChI is InChI=1S/C37H70N2O12/c1-2-46-23-24-48-27-28-50-31-32-51-30-29-49-26-25-47-22-21-38-34(40)20-19-33(37(44)45)39-35(41)17-15-13-11-9-7-5-3-4-6-8-10-12-14-16-18-36(42)43/h33H,2-32H2,1H3,(H,38,40)(H,39,41)(H,42,43)(H,44,45)/t33-/m0/s1. The van der Waals surface area contributed by atoms with E-state index in [0.717, 1.165) is 38.5 Å². The van der Waals surface area contributed by atoms with Crippen molar-refractivity contribution in [2.24, 2.45) is 0 Å². The van der Waals surface area contributed by atoms with Gasteiger partial charge in [0.15, 0.2) is 0 Å². The van der Waals surface area contributed by atoms with E-state index in [2.05, 4.69) is 10.6 Å². The van der Waals surface area contributed by atoms with Crippen molar-refractivity contribution >= 4 is 23.8 Å². The van der Waals surface area contributed by atoms with Crippen LogP contribution in [0.4, 0.5) is 0 Å². The molecule has 0 rings (SSSR count). The number of ether oxygens (including phenoxy) is 6. The van der Waals surface area contributed by atoms with E-state index in [4.69, 9.17) is 33.5 Å². The predicted octanol–water partition coefficient (Wildman–Crippen LogP) is 4.90. The van der Waals surface area contributed by atoms with Crippen molar-refractivity contribution in [1.29, 1.82) is 0 Å². The average Bonchev–Trinajstić information content (AvgIpc) is 3.10. The third-order valence-electron chi connectivity index (χ3n) is 7.97. The summed E-state index contributed by atoms with van der Waals surface area (Å²) in [5.74, 6) is -2.45. The molecule has 51 heavy (non-hydrogen) atoms. The summed E-state index contributed by atoms with van der Waals surface area (Å²) in [6.07, 6.45) is 15.9. The molecular formula is C37H70N2O12. The minimum absolute atomic E-state index is 0.0117. The van der Waals surface area contributed by atoms with Gasteiger partial charge in [0, 0.05) is 32.4 Å². The molecule has 4 N–H and O–H groups in total. The van der Waals surface area contributed by atoms with E-state index in [1.54, 1.807) is 0 Å². The monoisotopic (exact) mass is 734 g/mol. The van der Waals surface area contributed by atoms with Crippen molar-refractivity contribution in [3.8, 4) is 0 Å². The number of carboxylic acid groups (broad SMARTS) is 2. The van der Waals surface area contributed by atoms with Crippen LogP contribution >= 0.6 is 0 Å². The van der Waals surface area contributed by atoms with Crippen molar-refractivity contribution in [2.45, 2.75) is 129 Å². The Morgan fingerprint density at radius 3 is 1.24 bits per heavy atom. The number of carbonyl (C=O) groups is 4. The lowest BCUT2D eigenvalue weighted by atomic mass is 10.0. The third kappa shape index (κ3) is 38.7. The molecule has 0 saturated carbocycles. The molecule has 0 radical (unpaired) electrons. The number of amides is 2. The first-order chi connectivity index (χ1) is 24.9. The van der Waals surface area contributed by atoms with Crippen LogP contribution in [0.2, 0.25) is 0 Å². The van der Waals surface area contributed by atoms with Gasteiger partial charge < -0.3 is 49.3 Å². The fourth-order valence-corrected chi connectivity index (χ4v) is 5.08. The van der Waals surface area contributed by atoms with Gasteiger partial charge in [-0.05, 0) is 26.2 Å². The van der Waals surface area contributed by atoms with Crippen LogP contribution in [0.25, 0.3) is 0 Å². The maximum Gasteiger partial charge on any atom is 0.326 e. The number of hydrogen-bond acceptors (Lipinski definition) is 10. The summed E-state index contributed by atoms with van der Waals surface area (Å²) >= 11 is 0. The van der Waals surface area contributed by atoms with Gasteiger partial charge in [-0.15, -0.1) is 0 Å². The van der Waals surface area contributed by atoms with Gasteiger partial charge in [-0.2, -0.15) is 0 Å². The van der Waals surface area contributed by atoms with Crippen LogP contribution in [-0.2, 0) is 47.6 Å². The highest BCUT2D eigenvalue weighted by Crippen LogP contribution is 2.14. The van der Waals surface area contributed by atoms with E-state index in [0.29, 0.717) is 92.2 Å². The van der Waals surface area contributed by atoms with Crippen molar-refractivity contribution in [2.75, 3.05) is 85.8 Å². The Morgan fingerprint density at radius 2 is 0.843 bits per heavy atom. The Hall–Kier alpha value is -2.36. The summed E-state index contributed by atoms with van der Waals surface area (Å²) in [5, 5.41) is 23.4. The van der Waals surface area contributed by atoms with Crippen molar-refractivity contribution in [3.05, 3.63) is 0 Å². The number of carboxylic acids is 2. The lowest BCUT2D eigenvalue weighted by Crippen LogP contribution is -2.41. The van der Waals surface area contributed by atoms with E-state index in [9.17, 15) is 24.3 Å². The molecule has 14 nitrogen and oxygen atoms in total. The van der Waals surface area contributed by atoms with E-state index in [-0.39, 0.29) is 37.5 Å². The average molecular weight is 735 g/mol. The van der Waals surface area contributed by atoms with Crippen LogP contribution in [-0.4, -0.2) is 126 Å². The Labute approximate surface area is 306 Å². The lowest BCUT2D eigenvalue weighted by Gasteiger charge is -2.14. The van der Waals surface area contributed by atoms with Crippen LogP contribution < -0.4 is 10.6 Å². The van der Waals surface area contributed by atoms with E-state index >= 15 is 0 Å². The molecule has 0 aliphatic rings. The number of nitrogens with one attached hydrogen (secondary N) is 2. The third-order valence-corrected chi connectivity index (χ3v) is 7.97. The molecule has 14 heteroatoms. The van der Waals surface area contributed by atoms with Crippen molar-refractivity contribution in [1.82, 2.24) is 10.6 Å². The maximum atomic E-state index is 12.3. The quantitative estimate of drug-likeness (QED) is 0.0624. The van der Waals surface area contributed by atoms with Crippen LogP contribution in [0.15, 0.2) is 0 Å². The molecule has 0 saturated heterocycles. The molecule has 2 amide bonds. The number of rotatable bonds is 41. The van der Waals surface area contributed by atoms with Gasteiger partial charge in [-0.3, -0.25) is 14.4 Å². The molecule has 0 unspecified atom stereocenters. The highest BCUT2D eigenvalue weighted by Gasteiger charge is 2.20. The second kappa shape index (κ2) is 38.9.